The highest BCUT2D eigenvalue weighted by Crippen LogP contribution is 2.18. The largest absolute Gasteiger partial charge is 0.248 e. The predicted molar refractivity (Wildman–Crippen MR) is 69.5 cm³/mol. The first kappa shape index (κ1) is 11.0. The lowest BCUT2D eigenvalue weighted by Crippen LogP contribution is -1.98. The maximum absolute atomic E-state index is 4.59. The molecule has 2 rings (SSSR count). The van der Waals surface area contributed by atoms with Crippen molar-refractivity contribution >= 4 is 42.9 Å². The second-order valence-electron chi connectivity index (χ2n) is 3.38. The van der Waals surface area contributed by atoms with Gasteiger partial charge in [-0.25, -0.2) is 9.97 Å². The zero-order valence-electron chi connectivity index (χ0n) is 8.30. The fraction of sp³-hybridized carbons (Fsp3) is 0.273. The van der Waals surface area contributed by atoms with Crippen molar-refractivity contribution in [1.29, 1.82) is 0 Å². The van der Waals surface area contributed by atoms with Crippen molar-refractivity contribution in [2.45, 2.75) is 17.6 Å². The molecule has 1 aromatic heterocycles. The van der Waals surface area contributed by atoms with E-state index < -0.39 is 0 Å². The zero-order valence-corrected chi connectivity index (χ0v) is 11.5. The van der Waals surface area contributed by atoms with Gasteiger partial charge in [-0.05, 0) is 24.6 Å². The molecular formula is C11H10Br2N2. The van der Waals surface area contributed by atoms with Crippen LogP contribution in [0.4, 0.5) is 0 Å². The van der Waals surface area contributed by atoms with Crippen molar-refractivity contribution in [3.8, 4) is 0 Å². The third-order valence-corrected chi connectivity index (χ3v) is 3.29. The number of hydrogen-bond acceptors (Lipinski definition) is 2. The fourth-order valence-corrected chi connectivity index (χ4v) is 2.35. The van der Waals surface area contributed by atoms with Gasteiger partial charge in [0, 0.05) is 10.7 Å². The fourth-order valence-electron chi connectivity index (χ4n) is 1.45. The molecule has 0 spiro atoms. The molecule has 0 radical (unpaired) electrons. The van der Waals surface area contributed by atoms with Crippen LogP contribution in [0.2, 0.25) is 0 Å². The monoisotopic (exact) mass is 328 g/mol. The Kier molecular flexibility index (Phi) is 3.36. The van der Waals surface area contributed by atoms with E-state index in [0.29, 0.717) is 0 Å². The van der Waals surface area contributed by atoms with E-state index in [1.807, 2.05) is 6.07 Å². The van der Waals surface area contributed by atoms with Crippen molar-refractivity contribution < 1.29 is 0 Å². The molecule has 1 aromatic carbocycles. The van der Waals surface area contributed by atoms with Crippen molar-refractivity contribution in [3.05, 3.63) is 35.2 Å². The molecule has 0 saturated heterocycles. The normalized spacial score (nSPS) is 10.9. The highest BCUT2D eigenvalue weighted by Gasteiger charge is 2.06. The Morgan fingerprint density at radius 3 is 2.20 bits per heavy atom. The Labute approximate surface area is 105 Å². The maximum Gasteiger partial charge on any atom is 0.0893 e. The van der Waals surface area contributed by atoms with E-state index in [0.717, 1.165) is 33.1 Å². The number of fused-ring (bicyclic) bond motifs is 1. The molecule has 0 fully saturated rings. The van der Waals surface area contributed by atoms with Crippen LogP contribution >= 0.6 is 31.9 Å². The van der Waals surface area contributed by atoms with E-state index in [9.17, 15) is 0 Å². The molecule has 0 unspecified atom stereocenters. The molecule has 0 amide bonds. The minimum Gasteiger partial charge on any atom is -0.248 e. The topological polar surface area (TPSA) is 25.8 Å². The highest BCUT2D eigenvalue weighted by molar-refractivity contribution is 9.09. The van der Waals surface area contributed by atoms with Gasteiger partial charge in [-0.3, -0.25) is 0 Å². The molecule has 15 heavy (non-hydrogen) atoms. The number of benzene rings is 1. The molecule has 78 valence electrons. The van der Waals surface area contributed by atoms with E-state index in [2.05, 4.69) is 60.9 Å². The van der Waals surface area contributed by atoms with Crippen molar-refractivity contribution in [3.63, 3.8) is 0 Å². The summed E-state index contributed by atoms with van der Waals surface area (Å²) in [6, 6.07) is 6.14. The first-order chi connectivity index (χ1) is 7.24. The summed E-state index contributed by atoms with van der Waals surface area (Å²) in [6.07, 6.45) is 0. The molecule has 0 aliphatic heterocycles. The molecule has 0 aliphatic carbocycles. The maximum atomic E-state index is 4.59. The summed E-state index contributed by atoms with van der Waals surface area (Å²) in [5, 5.41) is 1.48. The van der Waals surface area contributed by atoms with Gasteiger partial charge < -0.3 is 0 Å². The molecule has 0 N–H and O–H groups in total. The lowest BCUT2D eigenvalue weighted by atomic mass is 10.2. The molecule has 0 bridgehead atoms. The Morgan fingerprint density at radius 2 is 1.60 bits per heavy atom. The van der Waals surface area contributed by atoms with E-state index in [-0.39, 0.29) is 0 Å². The minimum absolute atomic E-state index is 0.741. The summed E-state index contributed by atoms with van der Waals surface area (Å²) >= 11 is 6.86. The summed E-state index contributed by atoms with van der Waals surface area (Å²) in [5.74, 6) is 0. The lowest BCUT2D eigenvalue weighted by Gasteiger charge is -2.05. The minimum atomic E-state index is 0.741. The summed E-state index contributed by atoms with van der Waals surface area (Å²) in [6.45, 7) is 2.06. The number of nitrogens with zero attached hydrogens (tertiary/aromatic N) is 2. The van der Waals surface area contributed by atoms with E-state index in [4.69, 9.17) is 0 Å². The number of halogens is 2. The van der Waals surface area contributed by atoms with E-state index >= 15 is 0 Å². The lowest BCUT2D eigenvalue weighted by molar-refractivity contribution is 1.08. The average molecular weight is 330 g/mol. The van der Waals surface area contributed by atoms with Gasteiger partial charge in [0.25, 0.3) is 0 Å². The zero-order chi connectivity index (χ0) is 10.8. The summed E-state index contributed by atoms with van der Waals surface area (Å²) in [4.78, 5) is 9.15. The molecule has 1 heterocycles. The SMILES string of the molecule is Cc1ccc2nc(CBr)c(CBr)nc2c1. The van der Waals surface area contributed by atoms with Gasteiger partial charge in [0.2, 0.25) is 0 Å². The Hall–Kier alpha value is -0.480. The highest BCUT2D eigenvalue weighted by atomic mass is 79.9. The summed E-state index contributed by atoms with van der Waals surface area (Å²) in [7, 11) is 0. The van der Waals surface area contributed by atoms with Gasteiger partial charge in [-0.15, -0.1) is 0 Å². The quantitative estimate of drug-likeness (QED) is 0.784. The second-order valence-corrected chi connectivity index (χ2v) is 4.50. The van der Waals surface area contributed by atoms with Crippen LogP contribution in [0.5, 0.6) is 0 Å². The Bertz CT molecular complexity index is 497. The third-order valence-electron chi connectivity index (χ3n) is 2.23. The van der Waals surface area contributed by atoms with Crippen molar-refractivity contribution in [2.75, 3.05) is 0 Å². The first-order valence-electron chi connectivity index (χ1n) is 4.62. The Balaban J connectivity index is 2.69. The van der Waals surface area contributed by atoms with Gasteiger partial charge in [0.1, 0.15) is 0 Å². The molecule has 0 atom stereocenters. The standard InChI is InChI=1S/C11H10Br2N2/c1-7-2-3-8-9(4-7)15-11(6-13)10(5-12)14-8/h2-4H,5-6H2,1H3. The van der Waals surface area contributed by atoms with Gasteiger partial charge in [-0.2, -0.15) is 0 Å². The number of aromatic nitrogens is 2. The molecule has 0 aliphatic rings. The molecule has 2 nitrogen and oxygen atoms in total. The van der Waals surface area contributed by atoms with Gasteiger partial charge >= 0.3 is 0 Å². The van der Waals surface area contributed by atoms with Crippen LogP contribution in [0.25, 0.3) is 11.0 Å². The number of rotatable bonds is 2. The number of aryl methyl sites for hydroxylation is 1. The van der Waals surface area contributed by atoms with Crippen LogP contribution in [-0.2, 0) is 10.7 Å². The van der Waals surface area contributed by atoms with Crippen LogP contribution in [0.15, 0.2) is 18.2 Å². The summed E-state index contributed by atoms with van der Waals surface area (Å²) < 4.78 is 0. The Morgan fingerprint density at radius 1 is 1.00 bits per heavy atom. The van der Waals surface area contributed by atoms with Crippen molar-refractivity contribution in [1.82, 2.24) is 9.97 Å². The molecular weight excluding hydrogens is 320 g/mol. The van der Waals surface area contributed by atoms with Crippen LogP contribution < -0.4 is 0 Å². The van der Waals surface area contributed by atoms with Crippen LogP contribution in [0.1, 0.15) is 17.0 Å². The van der Waals surface area contributed by atoms with Crippen LogP contribution in [-0.4, -0.2) is 9.97 Å². The first-order valence-corrected chi connectivity index (χ1v) is 6.87. The van der Waals surface area contributed by atoms with E-state index in [1.165, 1.54) is 5.56 Å². The van der Waals surface area contributed by atoms with Crippen LogP contribution in [0, 0.1) is 6.92 Å². The van der Waals surface area contributed by atoms with Gasteiger partial charge in [0.05, 0.1) is 22.4 Å². The van der Waals surface area contributed by atoms with Crippen molar-refractivity contribution in [2.24, 2.45) is 0 Å². The molecule has 2 aromatic rings. The average Bonchev–Trinajstić information content (AvgIpc) is 2.27. The second kappa shape index (κ2) is 4.58. The molecule has 0 saturated carbocycles. The number of alkyl halides is 2. The number of hydrogen-bond donors (Lipinski definition) is 0. The van der Waals surface area contributed by atoms with E-state index in [1.54, 1.807) is 0 Å². The molecule has 4 heteroatoms. The third kappa shape index (κ3) is 2.21. The van der Waals surface area contributed by atoms with Gasteiger partial charge in [0.15, 0.2) is 0 Å². The van der Waals surface area contributed by atoms with Gasteiger partial charge in [-0.1, -0.05) is 37.9 Å². The van der Waals surface area contributed by atoms with Crippen LogP contribution in [0.3, 0.4) is 0 Å². The summed E-state index contributed by atoms with van der Waals surface area (Å²) in [5.41, 5.74) is 5.14. The smallest absolute Gasteiger partial charge is 0.0893 e. The predicted octanol–water partition coefficient (Wildman–Crippen LogP) is 3.73.